The molecule has 3 amide bonds. The zero-order valence-electron chi connectivity index (χ0n) is 20.7. The highest BCUT2D eigenvalue weighted by Crippen LogP contribution is 2.34. The van der Waals surface area contributed by atoms with Gasteiger partial charge in [0.15, 0.2) is 5.82 Å². The minimum atomic E-state index is -0.611. The number of piperidine rings is 1. The number of nitrogens with one attached hydrogen (secondary N) is 2. The van der Waals surface area contributed by atoms with Crippen LogP contribution in [0, 0.1) is 5.82 Å². The van der Waals surface area contributed by atoms with E-state index in [1.54, 1.807) is 17.0 Å². The molecule has 194 valence electrons. The lowest BCUT2D eigenvalue weighted by Gasteiger charge is -2.32. The van der Waals surface area contributed by atoms with Gasteiger partial charge in [0.25, 0.3) is 5.91 Å². The van der Waals surface area contributed by atoms with Gasteiger partial charge in [-0.2, -0.15) is 4.98 Å². The second kappa shape index (κ2) is 11.6. The normalized spacial score (nSPS) is 18.3. The van der Waals surface area contributed by atoms with E-state index in [4.69, 9.17) is 4.52 Å². The molecule has 2 heterocycles. The summed E-state index contributed by atoms with van der Waals surface area (Å²) < 4.78 is 19.4. The van der Waals surface area contributed by atoms with Gasteiger partial charge in [-0.1, -0.05) is 43.0 Å². The van der Waals surface area contributed by atoms with Crippen molar-refractivity contribution in [1.82, 2.24) is 25.7 Å². The molecule has 4 rings (SSSR count). The lowest BCUT2D eigenvalue weighted by atomic mass is 9.89. The summed E-state index contributed by atoms with van der Waals surface area (Å²) >= 11 is 0. The van der Waals surface area contributed by atoms with Crippen molar-refractivity contribution >= 4 is 17.7 Å². The van der Waals surface area contributed by atoms with Crippen molar-refractivity contribution in [2.45, 2.75) is 82.7 Å². The SMILES string of the molecule is CC(=O)NC1(c2noc(CCC(=O)NC3CCN(C(=O)c4ccccc4F)CC3)n2)CCCCCC1. The van der Waals surface area contributed by atoms with E-state index in [2.05, 4.69) is 20.8 Å². The summed E-state index contributed by atoms with van der Waals surface area (Å²) in [6.45, 7) is 2.41. The van der Waals surface area contributed by atoms with Crippen molar-refractivity contribution in [3.8, 4) is 0 Å². The molecule has 0 atom stereocenters. The third-order valence-corrected chi connectivity index (χ3v) is 7.09. The minimum Gasteiger partial charge on any atom is -0.353 e. The highest BCUT2D eigenvalue weighted by Gasteiger charge is 2.38. The Morgan fingerprint density at radius 1 is 1.11 bits per heavy atom. The van der Waals surface area contributed by atoms with Gasteiger partial charge in [0.1, 0.15) is 11.4 Å². The molecule has 1 aliphatic heterocycles. The maximum atomic E-state index is 13.9. The number of amides is 3. The average molecular weight is 500 g/mol. The van der Waals surface area contributed by atoms with E-state index in [-0.39, 0.29) is 35.7 Å². The molecule has 0 unspecified atom stereocenters. The Kier molecular flexibility index (Phi) is 8.32. The average Bonchev–Trinajstić information content (AvgIpc) is 3.23. The Bertz CT molecular complexity index is 1070. The molecule has 10 heteroatoms. The van der Waals surface area contributed by atoms with Crippen LogP contribution >= 0.6 is 0 Å². The monoisotopic (exact) mass is 499 g/mol. The molecular weight excluding hydrogens is 465 g/mol. The fourth-order valence-corrected chi connectivity index (χ4v) is 5.18. The number of likely N-dealkylation sites (tertiary alicyclic amines) is 1. The molecular formula is C26H34FN5O4. The molecule has 2 N–H and O–H groups in total. The van der Waals surface area contributed by atoms with E-state index in [9.17, 15) is 18.8 Å². The maximum Gasteiger partial charge on any atom is 0.256 e. The van der Waals surface area contributed by atoms with Crippen LogP contribution in [0.5, 0.6) is 0 Å². The molecule has 0 bridgehead atoms. The largest absolute Gasteiger partial charge is 0.353 e. The van der Waals surface area contributed by atoms with Gasteiger partial charge in [-0.25, -0.2) is 4.39 Å². The van der Waals surface area contributed by atoms with E-state index < -0.39 is 11.4 Å². The number of aryl methyl sites for hydroxylation is 1. The van der Waals surface area contributed by atoms with E-state index in [0.29, 0.717) is 44.1 Å². The van der Waals surface area contributed by atoms with E-state index in [1.165, 1.54) is 19.1 Å². The Morgan fingerprint density at radius 2 is 1.81 bits per heavy atom. The van der Waals surface area contributed by atoms with Crippen LogP contribution in [0.25, 0.3) is 0 Å². The second-order valence-corrected chi connectivity index (χ2v) is 9.80. The van der Waals surface area contributed by atoms with Crippen LogP contribution in [-0.4, -0.2) is 51.9 Å². The summed E-state index contributed by atoms with van der Waals surface area (Å²) in [6, 6.07) is 5.92. The molecule has 0 spiro atoms. The van der Waals surface area contributed by atoms with Crippen LogP contribution in [0.3, 0.4) is 0 Å². The number of nitrogens with zero attached hydrogens (tertiary/aromatic N) is 3. The minimum absolute atomic E-state index is 0.0468. The zero-order chi connectivity index (χ0) is 25.5. The fourth-order valence-electron chi connectivity index (χ4n) is 5.18. The molecule has 2 aliphatic rings. The van der Waals surface area contributed by atoms with Crippen LogP contribution in [-0.2, 0) is 21.5 Å². The highest BCUT2D eigenvalue weighted by molar-refractivity contribution is 5.94. The summed E-state index contributed by atoms with van der Waals surface area (Å²) in [5.41, 5.74) is -0.538. The molecule has 36 heavy (non-hydrogen) atoms. The number of carbonyl (C=O) groups excluding carboxylic acids is 3. The standard InChI is InChI=1S/C26H34FN5O4/c1-18(33)30-26(14-6-2-3-7-15-26)25-29-23(36-31-25)11-10-22(34)28-19-12-16-32(17-13-19)24(35)20-8-4-5-9-21(20)27/h4-5,8-9,19H,2-3,6-7,10-17H2,1H3,(H,28,34)(H,30,33). The van der Waals surface area contributed by atoms with Crippen molar-refractivity contribution in [2.24, 2.45) is 0 Å². The Morgan fingerprint density at radius 3 is 2.47 bits per heavy atom. The first-order valence-corrected chi connectivity index (χ1v) is 12.8. The number of aromatic nitrogens is 2. The van der Waals surface area contributed by atoms with Gasteiger partial charge in [-0.05, 0) is 37.8 Å². The summed E-state index contributed by atoms with van der Waals surface area (Å²) in [5, 5.41) is 10.2. The summed E-state index contributed by atoms with van der Waals surface area (Å²) in [7, 11) is 0. The van der Waals surface area contributed by atoms with E-state index in [0.717, 1.165) is 38.5 Å². The molecule has 2 fully saturated rings. The molecule has 1 aliphatic carbocycles. The fraction of sp³-hybridized carbons (Fsp3) is 0.577. The first kappa shape index (κ1) is 25.8. The van der Waals surface area contributed by atoms with Crippen molar-refractivity contribution in [3.63, 3.8) is 0 Å². The molecule has 1 saturated carbocycles. The Balaban J connectivity index is 1.26. The van der Waals surface area contributed by atoms with Crippen LogP contribution in [0.2, 0.25) is 0 Å². The molecule has 1 aromatic heterocycles. The van der Waals surface area contributed by atoms with Crippen molar-refractivity contribution in [3.05, 3.63) is 47.4 Å². The van der Waals surface area contributed by atoms with Crippen molar-refractivity contribution in [1.29, 1.82) is 0 Å². The van der Waals surface area contributed by atoms with Gasteiger partial charge >= 0.3 is 0 Å². The van der Waals surface area contributed by atoms with Crippen LogP contribution in [0.15, 0.2) is 28.8 Å². The predicted octanol–water partition coefficient (Wildman–Crippen LogP) is 3.25. The molecule has 1 saturated heterocycles. The van der Waals surface area contributed by atoms with Gasteiger partial charge in [0.2, 0.25) is 17.7 Å². The van der Waals surface area contributed by atoms with E-state index >= 15 is 0 Å². The van der Waals surface area contributed by atoms with Gasteiger partial charge in [0.05, 0.1) is 5.56 Å². The van der Waals surface area contributed by atoms with Crippen LogP contribution in [0.1, 0.15) is 86.8 Å². The van der Waals surface area contributed by atoms with Gasteiger partial charge < -0.3 is 20.1 Å². The smallest absolute Gasteiger partial charge is 0.256 e. The first-order chi connectivity index (χ1) is 17.4. The van der Waals surface area contributed by atoms with Crippen LogP contribution < -0.4 is 10.6 Å². The third kappa shape index (κ3) is 6.27. The quantitative estimate of drug-likeness (QED) is 0.565. The predicted molar refractivity (Wildman–Crippen MR) is 129 cm³/mol. The summed E-state index contributed by atoms with van der Waals surface area (Å²) in [4.78, 5) is 43.2. The van der Waals surface area contributed by atoms with E-state index in [1.807, 2.05) is 0 Å². The summed E-state index contributed by atoms with van der Waals surface area (Å²) in [6.07, 6.45) is 7.45. The first-order valence-electron chi connectivity index (χ1n) is 12.8. The second-order valence-electron chi connectivity index (χ2n) is 9.80. The lowest BCUT2D eigenvalue weighted by molar-refractivity contribution is -0.122. The zero-order valence-corrected chi connectivity index (χ0v) is 20.7. The third-order valence-electron chi connectivity index (χ3n) is 7.09. The van der Waals surface area contributed by atoms with Crippen LogP contribution in [0.4, 0.5) is 4.39 Å². The van der Waals surface area contributed by atoms with Crippen molar-refractivity contribution in [2.75, 3.05) is 13.1 Å². The number of hydrogen-bond donors (Lipinski definition) is 2. The number of hydrogen-bond acceptors (Lipinski definition) is 6. The number of rotatable bonds is 7. The van der Waals surface area contributed by atoms with Gasteiger partial charge in [-0.3, -0.25) is 14.4 Å². The summed E-state index contributed by atoms with van der Waals surface area (Å²) in [5.74, 6) is -0.231. The Labute approximate surface area is 210 Å². The van der Waals surface area contributed by atoms with Gasteiger partial charge in [0, 0.05) is 38.9 Å². The molecule has 1 aromatic carbocycles. The number of benzene rings is 1. The lowest BCUT2D eigenvalue weighted by Crippen LogP contribution is -2.46. The highest BCUT2D eigenvalue weighted by atomic mass is 19.1. The topological polar surface area (TPSA) is 117 Å². The molecule has 9 nitrogen and oxygen atoms in total. The number of carbonyl (C=O) groups is 3. The van der Waals surface area contributed by atoms with Crippen molar-refractivity contribution < 1.29 is 23.3 Å². The molecule has 0 radical (unpaired) electrons. The van der Waals surface area contributed by atoms with Gasteiger partial charge in [-0.15, -0.1) is 0 Å². The number of halogens is 1. The maximum absolute atomic E-state index is 13.9. The Hall–Kier alpha value is -3.30. The molecule has 2 aromatic rings.